The number of nitrogens with zero attached hydrogens (tertiary/aromatic N) is 1. The Balaban J connectivity index is 1.42. The fourth-order valence-electron chi connectivity index (χ4n) is 3.53. The summed E-state index contributed by atoms with van der Waals surface area (Å²) >= 11 is 1.21. The third kappa shape index (κ3) is 4.42. The highest BCUT2D eigenvalue weighted by atomic mass is 32.2. The van der Waals surface area contributed by atoms with Crippen molar-refractivity contribution in [3.63, 3.8) is 0 Å². The van der Waals surface area contributed by atoms with Gasteiger partial charge in [0.15, 0.2) is 0 Å². The number of nitrogens with one attached hydrogen (secondary N) is 1. The van der Waals surface area contributed by atoms with Crippen molar-refractivity contribution < 1.29 is 13.2 Å². The Morgan fingerprint density at radius 3 is 2.38 bits per heavy atom. The van der Waals surface area contributed by atoms with Gasteiger partial charge in [0.1, 0.15) is 4.21 Å². The summed E-state index contributed by atoms with van der Waals surface area (Å²) in [6, 6.07) is 21.1. The van der Waals surface area contributed by atoms with Gasteiger partial charge in [0.25, 0.3) is 10.0 Å². The van der Waals surface area contributed by atoms with Crippen LogP contribution in [0.4, 0.5) is 5.69 Å². The normalized spacial score (nSPS) is 17.7. The molecule has 1 fully saturated rings. The van der Waals surface area contributed by atoms with E-state index in [1.54, 1.807) is 17.5 Å². The summed E-state index contributed by atoms with van der Waals surface area (Å²) in [5.41, 5.74) is 2.91. The van der Waals surface area contributed by atoms with Gasteiger partial charge >= 0.3 is 0 Å². The molecule has 29 heavy (non-hydrogen) atoms. The third-order valence-corrected chi connectivity index (χ3v) is 8.34. The summed E-state index contributed by atoms with van der Waals surface area (Å²) in [7, 11) is -3.52. The Morgan fingerprint density at radius 2 is 1.69 bits per heavy atom. The first kappa shape index (κ1) is 19.8. The first-order valence-corrected chi connectivity index (χ1v) is 11.9. The first-order valence-electron chi connectivity index (χ1n) is 9.54. The van der Waals surface area contributed by atoms with E-state index in [1.165, 1.54) is 15.6 Å². The Hall–Kier alpha value is -2.48. The van der Waals surface area contributed by atoms with Crippen molar-refractivity contribution in [1.29, 1.82) is 0 Å². The molecular weight excluding hydrogens is 404 g/mol. The van der Waals surface area contributed by atoms with Crippen molar-refractivity contribution in [2.24, 2.45) is 5.92 Å². The second kappa shape index (κ2) is 8.49. The van der Waals surface area contributed by atoms with Crippen molar-refractivity contribution >= 4 is 33.0 Å². The number of benzene rings is 2. The van der Waals surface area contributed by atoms with Crippen LogP contribution in [0.3, 0.4) is 0 Å². The van der Waals surface area contributed by atoms with Gasteiger partial charge in [-0.3, -0.25) is 4.79 Å². The largest absolute Gasteiger partial charge is 0.326 e. The lowest BCUT2D eigenvalue weighted by atomic mass is 9.98. The lowest BCUT2D eigenvalue weighted by Crippen LogP contribution is -2.43. The maximum Gasteiger partial charge on any atom is 0.252 e. The van der Waals surface area contributed by atoms with Crippen LogP contribution in [0, 0.1) is 5.92 Å². The van der Waals surface area contributed by atoms with Crippen LogP contribution < -0.4 is 5.32 Å². The SMILES string of the molecule is O=C(Nc1ccc(-c2ccccc2)cc1)C1CCCN(S(=O)(=O)c2cccs2)C1. The molecule has 4 rings (SSSR count). The van der Waals surface area contributed by atoms with Gasteiger partial charge in [0, 0.05) is 18.8 Å². The molecule has 0 saturated carbocycles. The number of carbonyl (C=O) groups is 1. The van der Waals surface area contributed by atoms with Crippen molar-refractivity contribution in [3.05, 3.63) is 72.1 Å². The van der Waals surface area contributed by atoms with Crippen LogP contribution in [-0.4, -0.2) is 31.7 Å². The van der Waals surface area contributed by atoms with Gasteiger partial charge in [-0.15, -0.1) is 11.3 Å². The molecule has 1 aliphatic rings. The number of amides is 1. The zero-order valence-corrected chi connectivity index (χ0v) is 17.5. The van der Waals surface area contributed by atoms with Crippen molar-refractivity contribution in [2.75, 3.05) is 18.4 Å². The summed E-state index contributed by atoms with van der Waals surface area (Å²) in [6.07, 6.45) is 1.36. The number of rotatable bonds is 5. The van der Waals surface area contributed by atoms with Gasteiger partial charge in [-0.2, -0.15) is 4.31 Å². The molecule has 0 bridgehead atoms. The molecule has 1 aliphatic heterocycles. The molecule has 0 spiro atoms. The van der Waals surface area contributed by atoms with E-state index in [4.69, 9.17) is 0 Å². The Morgan fingerprint density at radius 1 is 0.966 bits per heavy atom. The molecule has 3 aromatic rings. The molecule has 2 aromatic carbocycles. The van der Waals surface area contributed by atoms with E-state index >= 15 is 0 Å². The molecule has 5 nitrogen and oxygen atoms in total. The number of anilines is 1. The van der Waals surface area contributed by atoms with E-state index in [1.807, 2.05) is 54.6 Å². The summed E-state index contributed by atoms with van der Waals surface area (Å²) in [5, 5.41) is 4.69. The Kier molecular flexibility index (Phi) is 5.80. The van der Waals surface area contributed by atoms with Crippen molar-refractivity contribution in [1.82, 2.24) is 4.31 Å². The third-order valence-electron chi connectivity index (χ3n) is 5.10. The van der Waals surface area contributed by atoms with E-state index in [2.05, 4.69) is 5.32 Å². The molecule has 1 N–H and O–H groups in total. The van der Waals surface area contributed by atoms with Gasteiger partial charge in [-0.05, 0) is 47.5 Å². The van der Waals surface area contributed by atoms with E-state index < -0.39 is 10.0 Å². The van der Waals surface area contributed by atoms with Gasteiger partial charge in [0.05, 0.1) is 5.92 Å². The zero-order chi connectivity index (χ0) is 20.3. The number of sulfonamides is 1. The number of hydrogen-bond donors (Lipinski definition) is 1. The fourth-order valence-corrected chi connectivity index (χ4v) is 6.20. The predicted molar refractivity (Wildman–Crippen MR) is 116 cm³/mol. The van der Waals surface area contributed by atoms with Gasteiger partial charge in [-0.25, -0.2) is 8.42 Å². The molecule has 1 amide bonds. The van der Waals surface area contributed by atoms with Crippen LogP contribution >= 0.6 is 11.3 Å². The van der Waals surface area contributed by atoms with E-state index in [0.29, 0.717) is 29.3 Å². The van der Waals surface area contributed by atoms with Crippen LogP contribution in [0.15, 0.2) is 76.3 Å². The minimum Gasteiger partial charge on any atom is -0.326 e. The summed E-state index contributed by atoms with van der Waals surface area (Å²) in [5.74, 6) is -0.490. The lowest BCUT2D eigenvalue weighted by molar-refractivity contribution is -0.120. The summed E-state index contributed by atoms with van der Waals surface area (Å²) < 4.78 is 27.3. The maximum absolute atomic E-state index is 12.8. The van der Waals surface area contributed by atoms with Gasteiger partial charge < -0.3 is 5.32 Å². The van der Waals surface area contributed by atoms with Gasteiger partial charge in [0.2, 0.25) is 5.91 Å². The Labute approximate surface area is 175 Å². The highest BCUT2D eigenvalue weighted by molar-refractivity contribution is 7.91. The monoisotopic (exact) mass is 426 g/mol. The van der Waals surface area contributed by atoms with Crippen LogP contribution in [0.25, 0.3) is 11.1 Å². The zero-order valence-electron chi connectivity index (χ0n) is 15.8. The minimum atomic E-state index is -3.52. The number of carbonyl (C=O) groups excluding carboxylic acids is 1. The summed E-state index contributed by atoms with van der Waals surface area (Å²) in [4.78, 5) is 12.8. The van der Waals surface area contributed by atoms with Crippen LogP contribution in [0.2, 0.25) is 0 Å². The maximum atomic E-state index is 12.8. The minimum absolute atomic E-state index is 0.136. The second-order valence-corrected chi connectivity index (χ2v) is 10.2. The highest BCUT2D eigenvalue weighted by Crippen LogP contribution is 2.27. The topological polar surface area (TPSA) is 66.5 Å². The standard InChI is InChI=1S/C22H22N2O3S2/c25-22(23-20-12-10-18(11-13-20)17-6-2-1-3-7-17)19-8-4-14-24(16-19)29(26,27)21-9-5-15-28-21/h1-3,5-7,9-13,15,19H,4,8,14,16H2,(H,23,25). The molecule has 0 radical (unpaired) electrons. The quantitative estimate of drug-likeness (QED) is 0.655. The average molecular weight is 427 g/mol. The number of thiophene rings is 1. The summed E-state index contributed by atoms with van der Waals surface area (Å²) in [6.45, 7) is 0.671. The van der Waals surface area contributed by atoms with E-state index in [9.17, 15) is 13.2 Å². The molecule has 2 heterocycles. The molecule has 1 atom stereocenters. The van der Waals surface area contributed by atoms with Crippen molar-refractivity contribution in [2.45, 2.75) is 17.1 Å². The molecule has 7 heteroatoms. The predicted octanol–water partition coefficient (Wildman–Crippen LogP) is 4.45. The van der Waals surface area contributed by atoms with Crippen LogP contribution in [-0.2, 0) is 14.8 Å². The second-order valence-electron chi connectivity index (χ2n) is 7.07. The fraction of sp³-hybridized carbons (Fsp3) is 0.227. The van der Waals surface area contributed by atoms with E-state index in [0.717, 1.165) is 11.1 Å². The number of hydrogen-bond acceptors (Lipinski definition) is 4. The van der Waals surface area contributed by atoms with Crippen LogP contribution in [0.5, 0.6) is 0 Å². The van der Waals surface area contributed by atoms with Gasteiger partial charge in [-0.1, -0.05) is 48.5 Å². The number of piperidine rings is 1. The van der Waals surface area contributed by atoms with Crippen LogP contribution in [0.1, 0.15) is 12.8 Å². The average Bonchev–Trinajstić information content (AvgIpc) is 3.31. The lowest BCUT2D eigenvalue weighted by Gasteiger charge is -2.30. The van der Waals surface area contributed by atoms with Crippen molar-refractivity contribution in [3.8, 4) is 11.1 Å². The first-order chi connectivity index (χ1) is 14.0. The molecule has 0 aliphatic carbocycles. The van der Waals surface area contributed by atoms with E-state index in [-0.39, 0.29) is 18.4 Å². The smallest absolute Gasteiger partial charge is 0.252 e. The molecule has 1 saturated heterocycles. The molecular formula is C22H22N2O3S2. The Bertz CT molecular complexity index is 1060. The highest BCUT2D eigenvalue weighted by Gasteiger charge is 2.33. The molecule has 150 valence electrons. The molecule has 1 aromatic heterocycles. The molecule has 1 unspecified atom stereocenters.